The van der Waals surface area contributed by atoms with Crippen LogP contribution in [0, 0.1) is 0 Å². The summed E-state index contributed by atoms with van der Waals surface area (Å²) < 4.78 is 46.0. The lowest BCUT2D eigenvalue weighted by atomic mass is 10.1. The molecule has 1 saturated carbocycles. The van der Waals surface area contributed by atoms with E-state index in [1.54, 1.807) is 13.1 Å². The lowest BCUT2D eigenvalue weighted by Gasteiger charge is -2.26. The van der Waals surface area contributed by atoms with Gasteiger partial charge in [-0.25, -0.2) is 4.98 Å². The Morgan fingerprint density at radius 2 is 2.13 bits per heavy atom. The Morgan fingerprint density at radius 3 is 2.77 bits per heavy atom. The molecule has 9 nitrogen and oxygen atoms in total. The fraction of sp³-hybridized carbons (Fsp3) is 0.389. The first-order valence-corrected chi connectivity index (χ1v) is 9.22. The van der Waals surface area contributed by atoms with Crippen molar-refractivity contribution in [2.24, 2.45) is 0 Å². The number of nitrogens with zero attached hydrogens (tertiary/aromatic N) is 3. The summed E-state index contributed by atoms with van der Waals surface area (Å²) in [5, 5.41) is 15.4. The van der Waals surface area contributed by atoms with Crippen LogP contribution < -0.4 is 21.3 Å². The van der Waals surface area contributed by atoms with E-state index < -0.39 is 18.0 Å². The first-order chi connectivity index (χ1) is 14.3. The fourth-order valence-corrected chi connectivity index (χ4v) is 3.00. The summed E-state index contributed by atoms with van der Waals surface area (Å²) in [5.74, 6) is 0.430. The minimum absolute atomic E-state index is 0.120. The molecule has 2 aromatic rings. The Labute approximate surface area is 169 Å². The average molecular weight is 423 g/mol. The third kappa shape index (κ3) is 3.90. The Bertz CT molecular complexity index is 1040. The fourth-order valence-electron chi connectivity index (χ4n) is 3.00. The maximum Gasteiger partial charge on any atom is 0.417 e. The van der Waals surface area contributed by atoms with E-state index >= 15 is 0 Å². The van der Waals surface area contributed by atoms with Crippen LogP contribution in [0.1, 0.15) is 23.2 Å². The number of amides is 1. The van der Waals surface area contributed by atoms with Crippen molar-refractivity contribution in [2.45, 2.75) is 31.3 Å². The standard InChI is InChI=1S/C18H20F3N7O2/c1-22-14-6-13(26-12-5-9(18(19,20)21)7-23-17(12)30-2)27-15-11(8-24-28(14)15)16(29)25-10-3-4-10/h5-8,10,17,22-23H,3-4H2,1-2H3,(H,25,29)(H,26,27). The molecule has 1 unspecified atom stereocenters. The van der Waals surface area contributed by atoms with Crippen LogP contribution in [0.25, 0.3) is 5.65 Å². The zero-order valence-corrected chi connectivity index (χ0v) is 16.2. The molecule has 1 atom stereocenters. The minimum Gasteiger partial charge on any atom is -0.373 e. The molecular weight excluding hydrogens is 403 g/mol. The zero-order chi connectivity index (χ0) is 21.5. The number of hydrogen-bond donors (Lipinski definition) is 4. The molecular formula is C18H20F3N7O2. The van der Waals surface area contributed by atoms with Crippen molar-refractivity contribution in [1.82, 2.24) is 25.2 Å². The molecule has 1 aliphatic heterocycles. The number of aromatic nitrogens is 3. The molecule has 2 aromatic heterocycles. The Hall–Kier alpha value is -3.28. The number of halogens is 3. The Balaban J connectivity index is 1.70. The van der Waals surface area contributed by atoms with Gasteiger partial charge >= 0.3 is 6.18 Å². The highest BCUT2D eigenvalue weighted by atomic mass is 19.4. The molecule has 1 amide bonds. The van der Waals surface area contributed by atoms with Crippen LogP contribution in [0.2, 0.25) is 0 Å². The Morgan fingerprint density at radius 1 is 1.37 bits per heavy atom. The molecule has 30 heavy (non-hydrogen) atoms. The molecule has 0 spiro atoms. The second-order valence-corrected chi connectivity index (χ2v) is 6.92. The highest BCUT2D eigenvalue weighted by Gasteiger charge is 2.35. The predicted molar refractivity (Wildman–Crippen MR) is 103 cm³/mol. The van der Waals surface area contributed by atoms with Gasteiger partial charge in [-0.3, -0.25) is 4.79 Å². The number of allylic oxidation sites excluding steroid dienone is 2. The molecule has 3 heterocycles. The lowest BCUT2D eigenvalue weighted by Crippen LogP contribution is -2.36. The van der Waals surface area contributed by atoms with Gasteiger partial charge in [-0.15, -0.1) is 0 Å². The van der Waals surface area contributed by atoms with Crippen molar-refractivity contribution < 1.29 is 22.7 Å². The van der Waals surface area contributed by atoms with E-state index in [0.717, 1.165) is 25.1 Å². The van der Waals surface area contributed by atoms with Crippen LogP contribution in [-0.2, 0) is 4.74 Å². The number of alkyl halides is 3. The first kappa shape index (κ1) is 20.0. The SMILES string of the molecule is CNc1cc(NC2=CC(C(F)(F)F)=CNC2OC)nc2c(C(=O)NC3CC3)cnn12. The van der Waals surface area contributed by atoms with Gasteiger partial charge in [0.25, 0.3) is 5.91 Å². The maximum atomic E-state index is 13.1. The molecule has 12 heteroatoms. The molecule has 1 aliphatic carbocycles. The number of hydrogen-bond acceptors (Lipinski definition) is 7. The summed E-state index contributed by atoms with van der Waals surface area (Å²) >= 11 is 0. The predicted octanol–water partition coefficient (Wildman–Crippen LogP) is 1.98. The molecule has 4 rings (SSSR count). The number of fused-ring (bicyclic) bond motifs is 1. The van der Waals surface area contributed by atoms with E-state index in [2.05, 4.69) is 31.3 Å². The van der Waals surface area contributed by atoms with Gasteiger partial charge in [-0.05, 0) is 18.9 Å². The van der Waals surface area contributed by atoms with Gasteiger partial charge in [0.15, 0.2) is 11.9 Å². The number of methoxy groups -OCH3 is 1. The number of nitrogens with one attached hydrogen (secondary N) is 4. The summed E-state index contributed by atoms with van der Waals surface area (Å²) in [6.07, 6.45) is -0.266. The van der Waals surface area contributed by atoms with Crippen LogP contribution in [0.15, 0.2) is 35.8 Å². The molecule has 4 N–H and O–H groups in total. The van der Waals surface area contributed by atoms with Crippen molar-refractivity contribution in [2.75, 3.05) is 24.8 Å². The molecule has 160 valence electrons. The highest BCUT2D eigenvalue weighted by molar-refractivity contribution is 6.00. The van der Waals surface area contributed by atoms with E-state index in [1.165, 1.54) is 17.8 Å². The van der Waals surface area contributed by atoms with Crippen LogP contribution in [-0.4, -0.2) is 53.1 Å². The zero-order valence-electron chi connectivity index (χ0n) is 16.2. The van der Waals surface area contributed by atoms with Crippen molar-refractivity contribution in [3.05, 3.63) is 41.4 Å². The van der Waals surface area contributed by atoms with E-state index in [4.69, 9.17) is 4.74 Å². The van der Waals surface area contributed by atoms with Crippen LogP contribution >= 0.6 is 0 Å². The summed E-state index contributed by atoms with van der Waals surface area (Å²) in [4.78, 5) is 16.9. The second kappa shape index (κ2) is 7.52. The van der Waals surface area contributed by atoms with E-state index in [9.17, 15) is 18.0 Å². The summed E-state index contributed by atoms with van der Waals surface area (Å²) in [5.41, 5.74) is -0.193. The van der Waals surface area contributed by atoms with Crippen LogP contribution in [0.3, 0.4) is 0 Å². The quantitative estimate of drug-likeness (QED) is 0.563. The highest BCUT2D eigenvalue weighted by Crippen LogP contribution is 2.30. The van der Waals surface area contributed by atoms with Gasteiger partial charge in [0.1, 0.15) is 17.2 Å². The molecule has 2 aliphatic rings. The summed E-state index contributed by atoms with van der Waals surface area (Å²) in [6.45, 7) is 0. The van der Waals surface area contributed by atoms with Crippen LogP contribution in [0.5, 0.6) is 0 Å². The monoisotopic (exact) mass is 423 g/mol. The third-order valence-electron chi connectivity index (χ3n) is 4.70. The number of rotatable bonds is 6. The van der Waals surface area contributed by atoms with Crippen molar-refractivity contribution in [3.63, 3.8) is 0 Å². The second-order valence-electron chi connectivity index (χ2n) is 6.92. The third-order valence-corrected chi connectivity index (χ3v) is 4.70. The van der Waals surface area contributed by atoms with Gasteiger partial charge in [-0.2, -0.15) is 22.8 Å². The number of carbonyl (C=O) groups excluding carboxylic acids is 1. The van der Waals surface area contributed by atoms with E-state index in [1.807, 2.05) is 0 Å². The lowest BCUT2D eigenvalue weighted by molar-refractivity contribution is -0.0894. The van der Waals surface area contributed by atoms with Crippen molar-refractivity contribution >= 4 is 23.2 Å². The topological polar surface area (TPSA) is 105 Å². The van der Waals surface area contributed by atoms with Gasteiger partial charge in [0, 0.05) is 32.5 Å². The summed E-state index contributed by atoms with van der Waals surface area (Å²) in [7, 11) is 3.03. The van der Waals surface area contributed by atoms with Gasteiger partial charge < -0.3 is 26.0 Å². The number of carbonyl (C=O) groups is 1. The average Bonchev–Trinajstić information content (AvgIpc) is 3.42. The van der Waals surface area contributed by atoms with Crippen molar-refractivity contribution in [1.29, 1.82) is 0 Å². The Kier molecular flexibility index (Phi) is 5.02. The molecule has 1 fully saturated rings. The van der Waals surface area contributed by atoms with E-state index in [0.29, 0.717) is 5.82 Å². The van der Waals surface area contributed by atoms with Gasteiger partial charge in [0.2, 0.25) is 0 Å². The largest absolute Gasteiger partial charge is 0.417 e. The molecule has 0 radical (unpaired) electrons. The van der Waals surface area contributed by atoms with Gasteiger partial charge in [0.05, 0.1) is 17.5 Å². The number of dihydropyridines is 1. The van der Waals surface area contributed by atoms with E-state index in [-0.39, 0.29) is 34.7 Å². The maximum absolute atomic E-state index is 13.1. The summed E-state index contributed by atoms with van der Waals surface area (Å²) in [6, 6.07) is 1.73. The minimum atomic E-state index is -4.52. The molecule has 0 saturated heterocycles. The number of anilines is 2. The number of ether oxygens (including phenoxy) is 1. The molecule has 0 bridgehead atoms. The van der Waals surface area contributed by atoms with Gasteiger partial charge in [-0.1, -0.05) is 0 Å². The van der Waals surface area contributed by atoms with Crippen molar-refractivity contribution in [3.8, 4) is 0 Å². The smallest absolute Gasteiger partial charge is 0.373 e. The first-order valence-electron chi connectivity index (χ1n) is 9.22. The normalized spacial score (nSPS) is 19.0. The van der Waals surface area contributed by atoms with Crippen LogP contribution in [0.4, 0.5) is 24.8 Å². The molecule has 0 aromatic carbocycles.